The highest BCUT2D eigenvalue weighted by Gasteiger charge is 2.31. The number of piperazine rings is 1. The molecule has 1 aliphatic heterocycles. The maximum atomic E-state index is 11.9. The van der Waals surface area contributed by atoms with E-state index in [-0.39, 0.29) is 6.10 Å². The molecule has 1 fully saturated rings. The van der Waals surface area contributed by atoms with Gasteiger partial charge in [-0.2, -0.15) is 0 Å². The van der Waals surface area contributed by atoms with Crippen molar-refractivity contribution in [3.05, 3.63) is 60.4 Å². The highest BCUT2D eigenvalue weighted by Crippen LogP contribution is 2.27. The van der Waals surface area contributed by atoms with Gasteiger partial charge in [-0.15, -0.1) is 0 Å². The van der Waals surface area contributed by atoms with Gasteiger partial charge in [0, 0.05) is 45.0 Å². The van der Waals surface area contributed by atoms with Gasteiger partial charge in [-0.3, -0.25) is 14.7 Å². The summed E-state index contributed by atoms with van der Waals surface area (Å²) < 4.78 is 6.14. The Balaban J connectivity index is 1.81. The summed E-state index contributed by atoms with van der Waals surface area (Å²) in [6.07, 6.45) is 3.45. The average Bonchev–Trinajstić information content (AvgIpc) is 2.67. The number of aliphatic carboxylic acids is 1. The Kier molecular flexibility index (Phi) is 5.98. The second kappa shape index (κ2) is 8.60. The first kappa shape index (κ1) is 17.4. The van der Waals surface area contributed by atoms with Crippen molar-refractivity contribution >= 4 is 5.97 Å². The third-order valence-electron chi connectivity index (χ3n) is 4.41. The Hall–Kier alpha value is -2.44. The van der Waals surface area contributed by atoms with Gasteiger partial charge < -0.3 is 15.2 Å². The van der Waals surface area contributed by atoms with Crippen LogP contribution in [0.3, 0.4) is 0 Å². The van der Waals surface area contributed by atoms with Crippen molar-refractivity contribution in [1.82, 2.24) is 15.2 Å². The molecular weight excluding hydrogens is 318 g/mol. The molecule has 3 rings (SSSR count). The number of carboxylic acid groups (broad SMARTS) is 1. The first-order valence-corrected chi connectivity index (χ1v) is 8.53. The van der Waals surface area contributed by atoms with Crippen molar-refractivity contribution in [1.29, 1.82) is 0 Å². The zero-order chi connectivity index (χ0) is 17.5. The number of pyridine rings is 1. The van der Waals surface area contributed by atoms with Crippen LogP contribution in [0.4, 0.5) is 0 Å². The van der Waals surface area contributed by atoms with Crippen molar-refractivity contribution in [2.24, 2.45) is 0 Å². The van der Waals surface area contributed by atoms with Gasteiger partial charge in [-0.1, -0.05) is 18.2 Å². The van der Waals surface area contributed by atoms with Crippen molar-refractivity contribution in [3.63, 3.8) is 0 Å². The number of carboxylic acids is 1. The third-order valence-corrected chi connectivity index (χ3v) is 4.41. The van der Waals surface area contributed by atoms with E-state index in [2.05, 4.69) is 10.3 Å². The molecule has 0 spiro atoms. The van der Waals surface area contributed by atoms with E-state index < -0.39 is 12.0 Å². The van der Waals surface area contributed by atoms with E-state index >= 15 is 0 Å². The van der Waals surface area contributed by atoms with Gasteiger partial charge in [0.1, 0.15) is 17.9 Å². The second-order valence-corrected chi connectivity index (χ2v) is 6.08. The smallest absolute Gasteiger partial charge is 0.321 e. The number of ether oxygens (including phenoxy) is 1. The van der Waals surface area contributed by atoms with Crippen molar-refractivity contribution < 1.29 is 14.6 Å². The second-order valence-electron chi connectivity index (χ2n) is 6.08. The van der Waals surface area contributed by atoms with E-state index in [4.69, 9.17) is 4.74 Å². The Morgan fingerprint density at radius 1 is 1.16 bits per heavy atom. The molecule has 0 amide bonds. The summed E-state index contributed by atoms with van der Waals surface area (Å²) in [5.74, 6) is -0.0774. The molecule has 132 valence electrons. The highest BCUT2D eigenvalue weighted by molar-refractivity contribution is 5.73. The summed E-state index contributed by atoms with van der Waals surface area (Å²) in [5.41, 5.74) is 0.931. The number of para-hydroxylation sites is 1. The minimum absolute atomic E-state index is 0.346. The zero-order valence-electron chi connectivity index (χ0n) is 14.0. The first-order chi connectivity index (χ1) is 12.2. The Labute approximate surface area is 147 Å². The fourth-order valence-corrected chi connectivity index (χ4v) is 3.10. The molecule has 2 atom stereocenters. The molecule has 0 radical (unpaired) electrons. The molecular formula is C19H23N3O3. The molecule has 1 aliphatic rings. The van der Waals surface area contributed by atoms with E-state index in [0.29, 0.717) is 6.42 Å². The molecule has 0 aliphatic carbocycles. The van der Waals surface area contributed by atoms with Gasteiger partial charge in [0.05, 0.1) is 0 Å². The lowest BCUT2D eigenvalue weighted by Gasteiger charge is -2.34. The van der Waals surface area contributed by atoms with Crippen LogP contribution in [-0.2, 0) is 4.79 Å². The summed E-state index contributed by atoms with van der Waals surface area (Å²) >= 11 is 0. The number of hydrogen-bond acceptors (Lipinski definition) is 5. The lowest BCUT2D eigenvalue weighted by atomic mass is 10.0. The molecule has 6 nitrogen and oxygen atoms in total. The largest absolute Gasteiger partial charge is 0.486 e. The third kappa shape index (κ3) is 4.78. The predicted octanol–water partition coefficient (Wildman–Crippen LogP) is 1.95. The van der Waals surface area contributed by atoms with Crippen LogP contribution in [0.1, 0.15) is 18.1 Å². The molecule has 2 N–H and O–H groups in total. The summed E-state index contributed by atoms with van der Waals surface area (Å²) in [5, 5.41) is 13.0. The van der Waals surface area contributed by atoms with Crippen molar-refractivity contribution in [3.8, 4) is 5.75 Å². The van der Waals surface area contributed by atoms with E-state index in [0.717, 1.165) is 37.5 Å². The number of aromatic nitrogens is 1. The predicted molar refractivity (Wildman–Crippen MR) is 94.5 cm³/mol. The average molecular weight is 341 g/mol. The topological polar surface area (TPSA) is 74.7 Å². The Morgan fingerprint density at radius 3 is 2.48 bits per heavy atom. The summed E-state index contributed by atoms with van der Waals surface area (Å²) in [4.78, 5) is 18.0. The molecule has 0 bridgehead atoms. The van der Waals surface area contributed by atoms with Gasteiger partial charge in [0.25, 0.3) is 0 Å². The number of rotatable bonds is 7. The van der Waals surface area contributed by atoms with Crippen LogP contribution in [0.15, 0.2) is 54.9 Å². The van der Waals surface area contributed by atoms with E-state index in [1.165, 1.54) is 0 Å². The molecule has 2 unspecified atom stereocenters. The van der Waals surface area contributed by atoms with Gasteiger partial charge >= 0.3 is 5.97 Å². The number of nitrogens with zero attached hydrogens (tertiary/aromatic N) is 2. The highest BCUT2D eigenvalue weighted by atomic mass is 16.5. The summed E-state index contributed by atoms with van der Waals surface area (Å²) in [6.45, 7) is 3.07. The monoisotopic (exact) mass is 341 g/mol. The van der Waals surface area contributed by atoms with Crippen molar-refractivity contribution in [2.45, 2.75) is 18.6 Å². The molecule has 25 heavy (non-hydrogen) atoms. The normalized spacial score (nSPS) is 17.6. The summed E-state index contributed by atoms with van der Waals surface area (Å²) in [6, 6.07) is 12.7. The fourth-order valence-electron chi connectivity index (χ4n) is 3.10. The SMILES string of the molecule is O=C(O)C(CC(Oc1ccccc1)c1ccncc1)N1CCNCC1. The van der Waals surface area contributed by atoms with Crippen LogP contribution in [0.2, 0.25) is 0 Å². The molecule has 1 aromatic heterocycles. The van der Waals surface area contributed by atoms with Crippen LogP contribution < -0.4 is 10.1 Å². The first-order valence-electron chi connectivity index (χ1n) is 8.53. The van der Waals surface area contributed by atoms with Crippen molar-refractivity contribution in [2.75, 3.05) is 26.2 Å². The van der Waals surface area contributed by atoms with Crippen LogP contribution in [0.25, 0.3) is 0 Å². The number of carbonyl (C=O) groups is 1. The standard InChI is InChI=1S/C19H23N3O3/c23-19(24)17(22-12-10-21-11-13-22)14-18(15-6-8-20-9-7-15)25-16-4-2-1-3-5-16/h1-9,17-18,21H,10-14H2,(H,23,24). The maximum absolute atomic E-state index is 11.9. The molecule has 2 heterocycles. The minimum Gasteiger partial charge on any atom is -0.486 e. The van der Waals surface area contributed by atoms with Gasteiger partial charge in [0.15, 0.2) is 0 Å². The molecule has 0 saturated carbocycles. The lowest BCUT2D eigenvalue weighted by molar-refractivity contribution is -0.144. The number of nitrogens with one attached hydrogen (secondary N) is 1. The van der Waals surface area contributed by atoms with E-state index in [9.17, 15) is 9.90 Å². The minimum atomic E-state index is -0.808. The molecule has 2 aromatic rings. The lowest BCUT2D eigenvalue weighted by Crippen LogP contribution is -2.51. The Morgan fingerprint density at radius 2 is 1.84 bits per heavy atom. The van der Waals surface area contributed by atoms with Gasteiger partial charge in [-0.25, -0.2) is 0 Å². The molecule has 1 saturated heterocycles. The molecule has 6 heteroatoms. The quantitative estimate of drug-likeness (QED) is 0.802. The van der Waals surface area contributed by atoms with Crippen LogP contribution in [-0.4, -0.2) is 53.2 Å². The van der Waals surface area contributed by atoms with Crippen LogP contribution >= 0.6 is 0 Å². The van der Waals surface area contributed by atoms with Crippen LogP contribution in [0.5, 0.6) is 5.75 Å². The van der Waals surface area contributed by atoms with Gasteiger partial charge in [0.2, 0.25) is 0 Å². The Bertz CT molecular complexity index is 660. The fraction of sp³-hybridized carbons (Fsp3) is 0.368. The van der Waals surface area contributed by atoms with E-state index in [1.54, 1.807) is 12.4 Å². The van der Waals surface area contributed by atoms with Gasteiger partial charge in [-0.05, 0) is 29.8 Å². The zero-order valence-corrected chi connectivity index (χ0v) is 14.0. The summed E-state index contributed by atoms with van der Waals surface area (Å²) in [7, 11) is 0. The molecule has 1 aromatic carbocycles. The van der Waals surface area contributed by atoms with E-state index in [1.807, 2.05) is 47.4 Å². The number of benzene rings is 1. The number of hydrogen-bond donors (Lipinski definition) is 2. The van der Waals surface area contributed by atoms with Crippen LogP contribution in [0, 0.1) is 0 Å². The maximum Gasteiger partial charge on any atom is 0.321 e.